The lowest BCUT2D eigenvalue weighted by Crippen LogP contribution is -2.06. The van der Waals surface area contributed by atoms with Crippen molar-refractivity contribution >= 4 is 6.29 Å². The van der Waals surface area contributed by atoms with Gasteiger partial charge < -0.3 is 9.90 Å². The predicted octanol–water partition coefficient (Wildman–Crippen LogP) is 3.26. The number of hydrogen-bond acceptors (Lipinski definition) is 2. The van der Waals surface area contributed by atoms with Gasteiger partial charge in [0.2, 0.25) is 0 Å². The highest BCUT2D eigenvalue weighted by molar-refractivity contribution is 5.53. The summed E-state index contributed by atoms with van der Waals surface area (Å²) in [6.07, 6.45) is 2.12. The number of benzene rings is 1. The van der Waals surface area contributed by atoms with Crippen LogP contribution in [0.2, 0.25) is 0 Å². The second-order valence-electron chi connectivity index (χ2n) is 3.72. The Morgan fingerprint density at radius 1 is 1.27 bits per heavy atom. The summed E-state index contributed by atoms with van der Waals surface area (Å²) in [6, 6.07) is 8.71. The molecule has 0 saturated heterocycles. The fraction of sp³-hybridized carbons (Fsp3) is 0.462. The molecule has 84 valence electrons. The number of aromatic hydroxyl groups is 1. The third-order valence-corrected chi connectivity index (χ3v) is 2.51. The molecule has 1 rings (SSSR count). The van der Waals surface area contributed by atoms with Crippen LogP contribution in [0.25, 0.3) is 0 Å². The van der Waals surface area contributed by atoms with Gasteiger partial charge in [-0.3, -0.25) is 0 Å². The monoisotopic (exact) mass is 208 g/mol. The van der Waals surface area contributed by atoms with Gasteiger partial charge in [0, 0.05) is 5.92 Å². The van der Waals surface area contributed by atoms with Gasteiger partial charge in [-0.25, -0.2) is 0 Å². The van der Waals surface area contributed by atoms with Gasteiger partial charge in [-0.05, 0) is 18.1 Å². The van der Waals surface area contributed by atoms with Crippen molar-refractivity contribution in [3.63, 3.8) is 0 Å². The fourth-order valence-electron chi connectivity index (χ4n) is 0.934. The molecule has 0 aliphatic carbocycles. The zero-order chi connectivity index (χ0) is 11.7. The molecule has 2 atom stereocenters. The van der Waals surface area contributed by atoms with Crippen molar-refractivity contribution in [2.45, 2.75) is 27.2 Å². The van der Waals surface area contributed by atoms with Gasteiger partial charge >= 0.3 is 0 Å². The molecule has 1 aromatic carbocycles. The Morgan fingerprint density at radius 3 is 2.00 bits per heavy atom. The van der Waals surface area contributed by atoms with Crippen LogP contribution in [-0.4, -0.2) is 11.4 Å². The van der Waals surface area contributed by atoms with Crippen molar-refractivity contribution in [1.82, 2.24) is 0 Å². The Bertz CT molecular complexity index is 256. The maximum absolute atomic E-state index is 10.1. The van der Waals surface area contributed by atoms with E-state index >= 15 is 0 Å². The first-order chi connectivity index (χ1) is 7.11. The first-order valence-corrected chi connectivity index (χ1v) is 5.31. The van der Waals surface area contributed by atoms with Crippen LogP contribution in [-0.2, 0) is 4.79 Å². The van der Waals surface area contributed by atoms with Crippen molar-refractivity contribution in [3.05, 3.63) is 30.3 Å². The molecule has 15 heavy (non-hydrogen) atoms. The number of carbonyl (C=O) groups is 1. The minimum Gasteiger partial charge on any atom is -0.508 e. The summed E-state index contributed by atoms with van der Waals surface area (Å²) < 4.78 is 0. The average molecular weight is 208 g/mol. The lowest BCUT2D eigenvalue weighted by atomic mass is 9.95. The molecule has 2 nitrogen and oxygen atoms in total. The Kier molecular flexibility index (Phi) is 7.33. The van der Waals surface area contributed by atoms with Gasteiger partial charge in [-0.15, -0.1) is 0 Å². The second kappa shape index (κ2) is 8.04. The van der Waals surface area contributed by atoms with E-state index in [4.69, 9.17) is 5.11 Å². The summed E-state index contributed by atoms with van der Waals surface area (Å²) in [6.45, 7) is 6.16. The van der Waals surface area contributed by atoms with Gasteiger partial charge in [0.25, 0.3) is 0 Å². The van der Waals surface area contributed by atoms with Crippen molar-refractivity contribution in [2.24, 2.45) is 11.8 Å². The highest BCUT2D eigenvalue weighted by Gasteiger charge is 2.06. The highest BCUT2D eigenvalue weighted by Crippen LogP contribution is 2.10. The second-order valence-corrected chi connectivity index (χ2v) is 3.72. The number of carbonyl (C=O) groups excluding carboxylic acids is 1. The topological polar surface area (TPSA) is 37.3 Å². The number of phenolic OH excluding ortho intramolecular Hbond substituents is 1. The molecule has 0 heterocycles. The molecule has 2 heteroatoms. The maximum atomic E-state index is 10.1. The molecule has 1 N–H and O–H groups in total. The van der Waals surface area contributed by atoms with Crippen molar-refractivity contribution in [3.8, 4) is 5.75 Å². The molecule has 0 fully saturated rings. The fourth-order valence-corrected chi connectivity index (χ4v) is 0.934. The third-order valence-electron chi connectivity index (χ3n) is 2.51. The molecule has 1 aromatic rings. The van der Waals surface area contributed by atoms with Crippen molar-refractivity contribution in [1.29, 1.82) is 0 Å². The number of rotatable bonds is 3. The standard InChI is InChI=1S/C7H14O.C6H6O/c1-4-6(2)7(3)5-8;7-6-4-2-1-3-5-6/h5-7H,4H2,1-3H3;1-5,7H. The first-order valence-electron chi connectivity index (χ1n) is 5.31. The SMILES string of the molecule is CCC(C)C(C)C=O.Oc1ccccc1. The largest absolute Gasteiger partial charge is 0.508 e. The number of aldehydes is 1. The number of phenols is 1. The van der Waals surface area contributed by atoms with Crippen LogP contribution in [0.1, 0.15) is 27.2 Å². The van der Waals surface area contributed by atoms with E-state index in [1.807, 2.05) is 13.0 Å². The van der Waals surface area contributed by atoms with Crippen LogP contribution in [0, 0.1) is 11.8 Å². The van der Waals surface area contributed by atoms with E-state index in [1.54, 1.807) is 24.3 Å². The number of para-hydroxylation sites is 1. The van der Waals surface area contributed by atoms with E-state index in [1.165, 1.54) is 0 Å². The smallest absolute Gasteiger partial charge is 0.123 e. The van der Waals surface area contributed by atoms with E-state index in [0.717, 1.165) is 12.7 Å². The van der Waals surface area contributed by atoms with E-state index in [9.17, 15) is 4.79 Å². The Hall–Kier alpha value is -1.31. The lowest BCUT2D eigenvalue weighted by molar-refractivity contribution is -0.111. The molecule has 2 unspecified atom stereocenters. The molecule has 0 bridgehead atoms. The Labute approximate surface area is 91.9 Å². The molecule has 0 amide bonds. The molecule has 0 aliphatic heterocycles. The third kappa shape index (κ3) is 6.72. The minimum atomic E-state index is 0.236. The van der Waals surface area contributed by atoms with Crippen molar-refractivity contribution < 1.29 is 9.90 Å². The molecule has 0 aliphatic rings. The summed E-state index contributed by atoms with van der Waals surface area (Å²) in [5.74, 6) is 1.11. The van der Waals surface area contributed by atoms with E-state index in [-0.39, 0.29) is 5.92 Å². The van der Waals surface area contributed by atoms with Crippen molar-refractivity contribution in [2.75, 3.05) is 0 Å². The summed E-state index contributed by atoms with van der Waals surface area (Å²) in [4.78, 5) is 10.1. The van der Waals surface area contributed by atoms with Crippen LogP contribution in [0.15, 0.2) is 30.3 Å². The summed E-state index contributed by atoms with van der Waals surface area (Å²) in [5, 5.41) is 8.63. The molecular formula is C13H20O2. The summed E-state index contributed by atoms with van der Waals surface area (Å²) in [5.41, 5.74) is 0. The predicted molar refractivity (Wildman–Crippen MR) is 62.8 cm³/mol. The van der Waals surface area contributed by atoms with E-state index in [2.05, 4.69) is 13.8 Å². The molecule has 0 spiro atoms. The van der Waals surface area contributed by atoms with Crippen LogP contribution >= 0.6 is 0 Å². The Balaban J connectivity index is 0.000000262. The zero-order valence-electron chi connectivity index (χ0n) is 9.68. The quantitative estimate of drug-likeness (QED) is 0.774. The average Bonchev–Trinajstić information content (AvgIpc) is 2.29. The first kappa shape index (κ1) is 13.7. The minimum absolute atomic E-state index is 0.236. The molecule has 0 aromatic heterocycles. The van der Waals surface area contributed by atoms with Crippen LogP contribution in [0.3, 0.4) is 0 Å². The lowest BCUT2D eigenvalue weighted by Gasteiger charge is -2.09. The maximum Gasteiger partial charge on any atom is 0.123 e. The Morgan fingerprint density at radius 2 is 1.80 bits per heavy atom. The van der Waals surface area contributed by atoms with E-state index in [0.29, 0.717) is 11.7 Å². The van der Waals surface area contributed by atoms with Crippen LogP contribution < -0.4 is 0 Å². The van der Waals surface area contributed by atoms with Gasteiger partial charge in [0.1, 0.15) is 12.0 Å². The molecular weight excluding hydrogens is 188 g/mol. The summed E-state index contributed by atoms with van der Waals surface area (Å²) in [7, 11) is 0. The summed E-state index contributed by atoms with van der Waals surface area (Å²) >= 11 is 0. The van der Waals surface area contributed by atoms with Gasteiger partial charge in [0.05, 0.1) is 0 Å². The molecule has 0 saturated carbocycles. The zero-order valence-corrected chi connectivity index (χ0v) is 9.68. The highest BCUT2D eigenvalue weighted by atomic mass is 16.3. The van der Waals surface area contributed by atoms with Gasteiger partial charge in [-0.2, -0.15) is 0 Å². The normalized spacial score (nSPS) is 13.3. The van der Waals surface area contributed by atoms with Gasteiger partial charge in [-0.1, -0.05) is 45.4 Å². The van der Waals surface area contributed by atoms with E-state index < -0.39 is 0 Å². The number of hydrogen-bond donors (Lipinski definition) is 1. The van der Waals surface area contributed by atoms with Gasteiger partial charge in [0.15, 0.2) is 0 Å². The molecule has 0 radical (unpaired) electrons. The van der Waals surface area contributed by atoms with Crippen LogP contribution in [0.5, 0.6) is 5.75 Å². The van der Waals surface area contributed by atoms with Crippen LogP contribution in [0.4, 0.5) is 0 Å².